The first kappa shape index (κ1) is 15.7. The summed E-state index contributed by atoms with van der Waals surface area (Å²) in [5.74, 6) is 2.17. The molecule has 1 N–H and O–H groups in total. The summed E-state index contributed by atoms with van der Waals surface area (Å²) in [5.41, 5.74) is 2.47. The van der Waals surface area contributed by atoms with E-state index in [1.54, 1.807) is 0 Å². The highest BCUT2D eigenvalue weighted by atomic mass is 16.5. The summed E-state index contributed by atoms with van der Waals surface area (Å²) in [6.45, 7) is 7.84. The first-order chi connectivity index (χ1) is 11.2. The van der Waals surface area contributed by atoms with E-state index in [0.29, 0.717) is 18.3 Å². The zero-order valence-corrected chi connectivity index (χ0v) is 13.7. The van der Waals surface area contributed by atoms with Crippen LogP contribution in [0, 0.1) is 0 Å². The fourth-order valence-corrected chi connectivity index (χ4v) is 2.70. The van der Waals surface area contributed by atoms with Crippen LogP contribution in [0.25, 0.3) is 5.57 Å². The van der Waals surface area contributed by atoms with Crippen molar-refractivity contribution in [3.8, 4) is 5.75 Å². The van der Waals surface area contributed by atoms with Crippen LogP contribution >= 0.6 is 0 Å². The average Bonchev–Trinajstić information content (AvgIpc) is 3.10. The zero-order chi connectivity index (χ0) is 16.1. The molecule has 6 heteroatoms. The molecule has 2 heterocycles. The molecule has 1 aromatic carbocycles. The van der Waals surface area contributed by atoms with Crippen LogP contribution in [0.15, 0.2) is 30.3 Å². The normalized spacial score (nSPS) is 15.7. The highest BCUT2D eigenvalue weighted by Gasteiger charge is 2.16. The Hall–Kier alpha value is -2.21. The molecule has 0 fully saturated rings. The number of hydrogen-bond acceptors (Lipinski definition) is 5. The molecule has 2 aromatic rings. The summed E-state index contributed by atoms with van der Waals surface area (Å²) in [6.07, 6.45) is 3.19. The molecule has 0 saturated carbocycles. The van der Waals surface area contributed by atoms with Crippen molar-refractivity contribution < 1.29 is 4.74 Å². The van der Waals surface area contributed by atoms with Gasteiger partial charge in [-0.2, -0.15) is 5.21 Å². The van der Waals surface area contributed by atoms with Gasteiger partial charge < -0.3 is 4.74 Å². The highest BCUT2D eigenvalue weighted by Crippen LogP contribution is 2.19. The molecular weight excluding hydrogens is 290 g/mol. The summed E-state index contributed by atoms with van der Waals surface area (Å²) in [5, 5.41) is 14.2. The number of hydrogen-bond donors (Lipinski definition) is 1. The van der Waals surface area contributed by atoms with Gasteiger partial charge in [0.2, 0.25) is 5.82 Å². The van der Waals surface area contributed by atoms with Gasteiger partial charge in [0.15, 0.2) is 0 Å². The molecule has 0 radical (unpaired) electrons. The van der Waals surface area contributed by atoms with Crippen molar-refractivity contribution in [1.29, 1.82) is 0 Å². The average molecular weight is 313 g/mol. The van der Waals surface area contributed by atoms with Gasteiger partial charge in [-0.3, -0.25) is 4.90 Å². The molecule has 1 aromatic heterocycles. The van der Waals surface area contributed by atoms with Crippen LogP contribution in [0.2, 0.25) is 0 Å². The second-order valence-electron chi connectivity index (χ2n) is 6.10. The van der Waals surface area contributed by atoms with Crippen molar-refractivity contribution in [2.24, 2.45) is 0 Å². The van der Waals surface area contributed by atoms with Crippen LogP contribution < -0.4 is 4.74 Å². The Morgan fingerprint density at radius 1 is 1.26 bits per heavy atom. The summed E-state index contributed by atoms with van der Waals surface area (Å²) < 4.78 is 5.86. The Morgan fingerprint density at radius 3 is 2.78 bits per heavy atom. The van der Waals surface area contributed by atoms with E-state index in [-0.39, 0.29) is 0 Å². The van der Waals surface area contributed by atoms with Crippen molar-refractivity contribution in [1.82, 2.24) is 25.5 Å². The van der Waals surface area contributed by atoms with Crippen LogP contribution in [0.3, 0.4) is 0 Å². The lowest BCUT2D eigenvalue weighted by Gasteiger charge is -2.25. The van der Waals surface area contributed by atoms with Crippen molar-refractivity contribution in [2.45, 2.75) is 26.2 Å². The number of benzene rings is 1. The number of ether oxygens (including phenoxy) is 1. The smallest absolute Gasteiger partial charge is 0.201 e. The monoisotopic (exact) mass is 313 g/mol. The minimum absolute atomic E-state index is 0.549. The Balaban J connectivity index is 1.46. The molecule has 6 nitrogen and oxygen atoms in total. The lowest BCUT2D eigenvalue weighted by molar-refractivity contribution is 0.223. The summed E-state index contributed by atoms with van der Waals surface area (Å²) in [4.78, 5) is 2.36. The van der Waals surface area contributed by atoms with E-state index in [2.05, 4.69) is 69.7 Å². The molecule has 0 amide bonds. The molecule has 0 bridgehead atoms. The SMILES string of the molecule is CC(C)c1ccc(OCCN2CCC=C(c3nn[nH]n3)C2)cc1. The quantitative estimate of drug-likeness (QED) is 0.887. The molecule has 0 saturated heterocycles. The van der Waals surface area contributed by atoms with Gasteiger partial charge in [-0.15, -0.1) is 10.2 Å². The van der Waals surface area contributed by atoms with E-state index in [1.165, 1.54) is 5.56 Å². The van der Waals surface area contributed by atoms with Gasteiger partial charge in [0.1, 0.15) is 12.4 Å². The number of tetrazole rings is 1. The molecule has 3 rings (SSSR count). The molecule has 0 aliphatic carbocycles. The minimum atomic E-state index is 0.549. The van der Waals surface area contributed by atoms with E-state index in [1.807, 2.05) is 0 Å². The second-order valence-corrected chi connectivity index (χ2v) is 6.10. The Bertz CT molecular complexity index is 634. The lowest BCUT2D eigenvalue weighted by atomic mass is 10.0. The first-order valence-corrected chi connectivity index (χ1v) is 8.10. The maximum Gasteiger partial charge on any atom is 0.201 e. The maximum atomic E-state index is 5.86. The third-order valence-corrected chi connectivity index (χ3v) is 4.09. The highest BCUT2D eigenvalue weighted by molar-refractivity contribution is 5.61. The van der Waals surface area contributed by atoms with Gasteiger partial charge in [-0.1, -0.05) is 32.1 Å². The number of aromatic amines is 1. The Labute approximate surface area is 136 Å². The van der Waals surface area contributed by atoms with Crippen molar-refractivity contribution in [3.63, 3.8) is 0 Å². The van der Waals surface area contributed by atoms with Gasteiger partial charge in [0.25, 0.3) is 0 Å². The number of nitrogens with zero attached hydrogens (tertiary/aromatic N) is 4. The Kier molecular flexibility index (Phi) is 5.02. The van der Waals surface area contributed by atoms with Crippen LogP contribution in [0.1, 0.15) is 37.6 Å². The lowest BCUT2D eigenvalue weighted by Crippen LogP contribution is -2.33. The van der Waals surface area contributed by atoms with Crippen LogP contribution in [-0.4, -0.2) is 51.8 Å². The number of aromatic nitrogens is 4. The summed E-state index contributed by atoms with van der Waals surface area (Å²) >= 11 is 0. The topological polar surface area (TPSA) is 66.9 Å². The van der Waals surface area contributed by atoms with Crippen molar-refractivity contribution >= 4 is 5.57 Å². The van der Waals surface area contributed by atoms with E-state index < -0.39 is 0 Å². The van der Waals surface area contributed by atoms with Gasteiger partial charge in [0.05, 0.1) is 0 Å². The Morgan fingerprint density at radius 2 is 2.09 bits per heavy atom. The third-order valence-electron chi connectivity index (χ3n) is 4.09. The van der Waals surface area contributed by atoms with Gasteiger partial charge >= 0.3 is 0 Å². The van der Waals surface area contributed by atoms with Crippen LogP contribution in [-0.2, 0) is 0 Å². The summed E-state index contributed by atoms with van der Waals surface area (Å²) in [6, 6.07) is 8.38. The van der Waals surface area contributed by atoms with E-state index >= 15 is 0 Å². The van der Waals surface area contributed by atoms with Gasteiger partial charge in [0, 0.05) is 25.2 Å². The molecular formula is C17H23N5O. The van der Waals surface area contributed by atoms with Crippen LogP contribution in [0.4, 0.5) is 0 Å². The number of rotatable bonds is 6. The molecule has 1 aliphatic heterocycles. The standard InChI is InChI=1S/C17H23N5O/c1-13(2)14-5-7-16(8-6-14)23-11-10-22-9-3-4-15(12-22)17-18-20-21-19-17/h4-8,13H,3,9-12H2,1-2H3,(H,18,19,20,21). The molecule has 0 spiro atoms. The third kappa shape index (κ3) is 4.16. The predicted octanol–water partition coefficient (Wildman–Crippen LogP) is 2.49. The predicted molar refractivity (Wildman–Crippen MR) is 89.2 cm³/mol. The molecule has 0 unspecified atom stereocenters. The maximum absolute atomic E-state index is 5.86. The van der Waals surface area contributed by atoms with Crippen molar-refractivity contribution in [3.05, 3.63) is 41.7 Å². The second kappa shape index (κ2) is 7.37. The van der Waals surface area contributed by atoms with Crippen molar-refractivity contribution in [2.75, 3.05) is 26.2 Å². The summed E-state index contributed by atoms with van der Waals surface area (Å²) in [7, 11) is 0. The van der Waals surface area contributed by atoms with E-state index in [9.17, 15) is 0 Å². The van der Waals surface area contributed by atoms with E-state index in [4.69, 9.17) is 4.74 Å². The first-order valence-electron chi connectivity index (χ1n) is 8.10. The molecule has 23 heavy (non-hydrogen) atoms. The molecule has 122 valence electrons. The fourth-order valence-electron chi connectivity index (χ4n) is 2.70. The molecule has 0 atom stereocenters. The fraction of sp³-hybridized carbons (Fsp3) is 0.471. The molecule has 1 aliphatic rings. The van der Waals surface area contributed by atoms with Crippen LogP contribution in [0.5, 0.6) is 5.75 Å². The zero-order valence-electron chi connectivity index (χ0n) is 13.7. The van der Waals surface area contributed by atoms with Gasteiger partial charge in [-0.25, -0.2) is 0 Å². The van der Waals surface area contributed by atoms with Gasteiger partial charge in [-0.05, 0) is 35.2 Å². The number of H-pyrrole nitrogens is 1. The van der Waals surface area contributed by atoms with E-state index in [0.717, 1.165) is 37.4 Å². The number of nitrogens with one attached hydrogen (secondary N) is 1. The largest absolute Gasteiger partial charge is 0.492 e. The minimum Gasteiger partial charge on any atom is -0.492 e.